The zero-order valence-electron chi connectivity index (χ0n) is 15.7. The molecule has 1 N–H and O–H groups in total. The summed E-state index contributed by atoms with van der Waals surface area (Å²) in [6.07, 6.45) is 4.81. The standard InChI is InChI=1S/C20H26N4O2/c1-14-9-5-6-10-18(14)24-16(3)17(13-21-24)19(25)22-15(2)20(26)23-11-7-4-8-12-23/h5-6,9-10,13,15H,4,7-8,11-12H2,1-3H3,(H,22,25)/t15-/m0/s1. The van der Waals surface area contributed by atoms with Crippen molar-refractivity contribution in [3.8, 4) is 5.69 Å². The highest BCUT2D eigenvalue weighted by Gasteiger charge is 2.25. The number of piperidine rings is 1. The second-order valence-electron chi connectivity index (χ2n) is 6.92. The van der Waals surface area contributed by atoms with E-state index >= 15 is 0 Å². The van der Waals surface area contributed by atoms with Gasteiger partial charge in [-0.2, -0.15) is 5.10 Å². The molecule has 0 aliphatic carbocycles. The molecule has 2 heterocycles. The molecule has 0 bridgehead atoms. The van der Waals surface area contributed by atoms with Crippen LogP contribution >= 0.6 is 0 Å². The van der Waals surface area contributed by atoms with Crippen molar-refractivity contribution in [2.45, 2.75) is 46.1 Å². The Hall–Kier alpha value is -2.63. The van der Waals surface area contributed by atoms with Gasteiger partial charge in [-0.1, -0.05) is 18.2 Å². The highest BCUT2D eigenvalue weighted by Crippen LogP contribution is 2.18. The summed E-state index contributed by atoms with van der Waals surface area (Å²) in [5.41, 5.74) is 3.28. The van der Waals surface area contributed by atoms with Gasteiger partial charge in [0.15, 0.2) is 0 Å². The molecule has 26 heavy (non-hydrogen) atoms. The number of likely N-dealkylation sites (tertiary alicyclic amines) is 1. The van der Waals surface area contributed by atoms with Crippen LogP contribution in [0, 0.1) is 13.8 Å². The number of amides is 2. The average Bonchev–Trinajstić information content (AvgIpc) is 3.03. The summed E-state index contributed by atoms with van der Waals surface area (Å²) in [4.78, 5) is 27.0. The Morgan fingerprint density at radius 1 is 1.12 bits per heavy atom. The number of carbonyl (C=O) groups excluding carboxylic acids is 2. The maximum Gasteiger partial charge on any atom is 0.255 e. The first kappa shape index (κ1) is 18.2. The SMILES string of the molecule is Cc1ccccc1-n1ncc(C(=O)N[C@@H](C)C(=O)N2CCCCC2)c1C. The van der Waals surface area contributed by atoms with E-state index in [4.69, 9.17) is 0 Å². The minimum Gasteiger partial charge on any atom is -0.341 e. The fourth-order valence-electron chi connectivity index (χ4n) is 3.40. The van der Waals surface area contributed by atoms with Crippen LogP contribution in [0.25, 0.3) is 5.69 Å². The van der Waals surface area contributed by atoms with Gasteiger partial charge >= 0.3 is 0 Å². The summed E-state index contributed by atoms with van der Waals surface area (Å²) in [5.74, 6) is -0.276. The Labute approximate surface area is 154 Å². The zero-order valence-corrected chi connectivity index (χ0v) is 15.7. The van der Waals surface area contributed by atoms with Gasteiger partial charge < -0.3 is 10.2 Å². The summed E-state index contributed by atoms with van der Waals surface area (Å²) < 4.78 is 1.77. The number of hydrogen-bond donors (Lipinski definition) is 1. The summed E-state index contributed by atoms with van der Waals surface area (Å²) in [7, 11) is 0. The highest BCUT2D eigenvalue weighted by atomic mass is 16.2. The van der Waals surface area contributed by atoms with Gasteiger partial charge in [0.2, 0.25) is 5.91 Å². The molecule has 1 aromatic carbocycles. The van der Waals surface area contributed by atoms with Gasteiger partial charge in [-0.15, -0.1) is 0 Å². The van der Waals surface area contributed by atoms with E-state index in [9.17, 15) is 9.59 Å². The normalized spacial score (nSPS) is 15.6. The van der Waals surface area contributed by atoms with E-state index in [-0.39, 0.29) is 11.8 Å². The molecule has 1 aromatic heterocycles. The predicted octanol–water partition coefficient (Wildman–Crippen LogP) is 2.62. The van der Waals surface area contributed by atoms with Crippen LogP contribution in [-0.2, 0) is 4.79 Å². The van der Waals surface area contributed by atoms with E-state index < -0.39 is 6.04 Å². The van der Waals surface area contributed by atoms with Gasteiger partial charge in [0.1, 0.15) is 6.04 Å². The van der Waals surface area contributed by atoms with Crippen molar-refractivity contribution in [1.82, 2.24) is 20.0 Å². The lowest BCUT2D eigenvalue weighted by molar-refractivity contribution is -0.133. The summed E-state index contributed by atoms with van der Waals surface area (Å²) in [6, 6.07) is 7.36. The molecule has 1 saturated heterocycles. The summed E-state index contributed by atoms with van der Waals surface area (Å²) >= 11 is 0. The number of benzene rings is 1. The Morgan fingerprint density at radius 2 is 1.81 bits per heavy atom. The number of para-hydroxylation sites is 1. The average molecular weight is 354 g/mol. The van der Waals surface area contributed by atoms with Gasteiger partial charge in [-0.25, -0.2) is 4.68 Å². The third-order valence-electron chi connectivity index (χ3n) is 4.98. The molecule has 0 unspecified atom stereocenters. The molecule has 0 radical (unpaired) electrons. The molecule has 1 aliphatic rings. The van der Waals surface area contributed by atoms with Gasteiger partial charge in [0, 0.05) is 13.1 Å². The van der Waals surface area contributed by atoms with Crippen LogP contribution in [0.15, 0.2) is 30.5 Å². The van der Waals surface area contributed by atoms with Crippen LogP contribution in [0.2, 0.25) is 0 Å². The van der Waals surface area contributed by atoms with Crippen LogP contribution in [0.5, 0.6) is 0 Å². The fourth-order valence-corrected chi connectivity index (χ4v) is 3.40. The molecule has 1 aliphatic heterocycles. The lowest BCUT2D eigenvalue weighted by Gasteiger charge is -2.29. The van der Waals surface area contributed by atoms with Crippen molar-refractivity contribution in [1.29, 1.82) is 0 Å². The Bertz CT molecular complexity index is 806. The van der Waals surface area contributed by atoms with Crippen LogP contribution in [0.4, 0.5) is 0 Å². The van der Waals surface area contributed by atoms with E-state index in [2.05, 4.69) is 10.4 Å². The first-order chi connectivity index (χ1) is 12.5. The minimum atomic E-state index is -0.540. The Morgan fingerprint density at radius 3 is 2.50 bits per heavy atom. The second kappa shape index (κ2) is 7.72. The van der Waals surface area contributed by atoms with Crippen LogP contribution < -0.4 is 5.32 Å². The predicted molar refractivity (Wildman–Crippen MR) is 100 cm³/mol. The van der Waals surface area contributed by atoms with E-state index in [0.29, 0.717) is 5.56 Å². The van der Waals surface area contributed by atoms with E-state index in [1.54, 1.807) is 17.8 Å². The third-order valence-corrected chi connectivity index (χ3v) is 4.98. The number of aryl methyl sites for hydroxylation is 1. The van der Waals surface area contributed by atoms with E-state index in [1.165, 1.54) is 6.42 Å². The summed E-state index contributed by atoms with van der Waals surface area (Å²) in [6.45, 7) is 7.18. The Kier molecular flexibility index (Phi) is 5.40. The van der Waals surface area contributed by atoms with Crippen molar-refractivity contribution in [3.63, 3.8) is 0 Å². The summed E-state index contributed by atoms with van der Waals surface area (Å²) in [5, 5.41) is 7.20. The molecule has 6 nitrogen and oxygen atoms in total. The first-order valence-corrected chi connectivity index (χ1v) is 9.19. The molecule has 1 atom stereocenters. The quantitative estimate of drug-likeness (QED) is 0.918. The number of nitrogens with one attached hydrogen (secondary N) is 1. The lowest BCUT2D eigenvalue weighted by atomic mass is 10.1. The monoisotopic (exact) mass is 354 g/mol. The number of nitrogens with zero attached hydrogens (tertiary/aromatic N) is 3. The second-order valence-corrected chi connectivity index (χ2v) is 6.92. The molecule has 2 aromatic rings. The fraction of sp³-hybridized carbons (Fsp3) is 0.450. The minimum absolute atomic E-state index is 0.0120. The van der Waals surface area contributed by atoms with Gasteiger partial charge in [0.25, 0.3) is 5.91 Å². The molecule has 3 rings (SSSR count). The van der Waals surface area contributed by atoms with Crippen molar-refractivity contribution in [2.75, 3.05) is 13.1 Å². The number of hydrogen-bond acceptors (Lipinski definition) is 3. The van der Waals surface area contributed by atoms with E-state index in [0.717, 1.165) is 42.9 Å². The molecule has 0 spiro atoms. The lowest BCUT2D eigenvalue weighted by Crippen LogP contribution is -2.48. The van der Waals surface area contributed by atoms with Crippen molar-refractivity contribution in [2.24, 2.45) is 0 Å². The molecule has 6 heteroatoms. The topological polar surface area (TPSA) is 67.2 Å². The van der Waals surface area contributed by atoms with Crippen molar-refractivity contribution in [3.05, 3.63) is 47.3 Å². The third kappa shape index (κ3) is 3.64. The van der Waals surface area contributed by atoms with E-state index in [1.807, 2.05) is 43.0 Å². The Balaban J connectivity index is 1.72. The molecular weight excluding hydrogens is 328 g/mol. The van der Waals surface area contributed by atoms with Crippen molar-refractivity contribution < 1.29 is 9.59 Å². The highest BCUT2D eigenvalue weighted by molar-refractivity contribution is 5.98. The maximum atomic E-state index is 12.7. The number of rotatable bonds is 4. The smallest absolute Gasteiger partial charge is 0.255 e. The first-order valence-electron chi connectivity index (χ1n) is 9.19. The van der Waals surface area contributed by atoms with Crippen LogP contribution in [0.1, 0.15) is 47.8 Å². The molecule has 1 fully saturated rings. The van der Waals surface area contributed by atoms with Crippen molar-refractivity contribution >= 4 is 11.8 Å². The van der Waals surface area contributed by atoms with Gasteiger partial charge in [-0.05, 0) is 51.7 Å². The van der Waals surface area contributed by atoms with Gasteiger partial charge in [-0.3, -0.25) is 9.59 Å². The van der Waals surface area contributed by atoms with Crippen LogP contribution in [-0.4, -0.2) is 45.6 Å². The number of aromatic nitrogens is 2. The number of carbonyl (C=O) groups is 2. The van der Waals surface area contributed by atoms with Crippen LogP contribution in [0.3, 0.4) is 0 Å². The van der Waals surface area contributed by atoms with Gasteiger partial charge in [0.05, 0.1) is 23.1 Å². The maximum absolute atomic E-state index is 12.7. The molecular formula is C20H26N4O2. The zero-order chi connectivity index (χ0) is 18.7. The molecule has 138 valence electrons. The molecule has 0 saturated carbocycles. The molecule has 2 amide bonds. The largest absolute Gasteiger partial charge is 0.341 e.